The number of aliphatic hydroxyl groups excluding tert-OH is 1. The van der Waals surface area contributed by atoms with Gasteiger partial charge in [-0.25, -0.2) is 0 Å². The van der Waals surface area contributed by atoms with Gasteiger partial charge in [-0.05, 0) is 23.3 Å². The average Bonchev–Trinajstić information content (AvgIpc) is 2.46. The van der Waals surface area contributed by atoms with E-state index < -0.39 is 6.10 Å². The molecule has 104 valence electrons. The molecule has 4 heteroatoms. The fourth-order valence-corrected chi connectivity index (χ4v) is 1.95. The van der Waals surface area contributed by atoms with Crippen molar-refractivity contribution in [3.05, 3.63) is 65.7 Å². The Hall–Kier alpha value is -2.33. The van der Waals surface area contributed by atoms with Crippen LogP contribution in [0.2, 0.25) is 0 Å². The molecule has 0 aliphatic carbocycles. The third kappa shape index (κ3) is 4.10. The zero-order valence-electron chi connectivity index (χ0n) is 11.1. The Morgan fingerprint density at radius 3 is 2.60 bits per heavy atom. The first kappa shape index (κ1) is 14.1. The van der Waals surface area contributed by atoms with Crippen molar-refractivity contribution in [2.45, 2.75) is 12.5 Å². The SMILES string of the molecule is Nc1cccc(CC(=O)NCC(O)c2ccccc2)c1. The highest BCUT2D eigenvalue weighted by atomic mass is 16.3. The van der Waals surface area contributed by atoms with Crippen LogP contribution in [0.1, 0.15) is 17.2 Å². The summed E-state index contributed by atoms with van der Waals surface area (Å²) in [7, 11) is 0. The topological polar surface area (TPSA) is 75.4 Å². The Balaban J connectivity index is 1.83. The van der Waals surface area contributed by atoms with Crippen LogP contribution in [0.3, 0.4) is 0 Å². The van der Waals surface area contributed by atoms with Gasteiger partial charge < -0.3 is 16.2 Å². The molecule has 2 rings (SSSR count). The van der Waals surface area contributed by atoms with E-state index in [1.165, 1.54) is 0 Å². The van der Waals surface area contributed by atoms with Crippen molar-refractivity contribution >= 4 is 11.6 Å². The van der Waals surface area contributed by atoms with Crippen molar-refractivity contribution in [1.82, 2.24) is 5.32 Å². The number of hydrogen-bond donors (Lipinski definition) is 3. The van der Waals surface area contributed by atoms with E-state index in [2.05, 4.69) is 5.32 Å². The highest BCUT2D eigenvalue weighted by molar-refractivity contribution is 5.78. The minimum absolute atomic E-state index is 0.134. The molecule has 2 aromatic rings. The number of nitrogens with one attached hydrogen (secondary N) is 1. The van der Waals surface area contributed by atoms with E-state index in [9.17, 15) is 9.90 Å². The molecular formula is C16H18N2O2. The molecule has 0 fully saturated rings. The summed E-state index contributed by atoms with van der Waals surface area (Å²) in [6.45, 7) is 0.200. The molecule has 0 spiro atoms. The van der Waals surface area contributed by atoms with E-state index in [4.69, 9.17) is 5.73 Å². The zero-order valence-corrected chi connectivity index (χ0v) is 11.1. The van der Waals surface area contributed by atoms with Crippen LogP contribution < -0.4 is 11.1 Å². The molecule has 0 heterocycles. The first-order chi connectivity index (χ1) is 9.65. The predicted octanol–water partition coefficient (Wildman–Crippen LogP) is 1.66. The lowest BCUT2D eigenvalue weighted by Gasteiger charge is -2.12. The Morgan fingerprint density at radius 1 is 1.15 bits per heavy atom. The molecule has 0 aliphatic rings. The number of rotatable bonds is 5. The van der Waals surface area contributed by atoms with E-state index in [-0.39, 0.29) is 18.9 Å². The van der Waals surface area contributed by atoms with Crippen LogP contribution in [0.5, 0.6) is 0 Å². The molecule has 0 aromatic heterocycles. The van der Waals surface area contributed by atoms with Crippen molar-refractivity contribution in [1.29, 1.82) is 0 Å². The molecular weight excluding hydrogens is 252 g/mol. The number of hydrogen-bond acceptors (Lipinski definition) is 3. The van der Waals surface area contributed by atoms with Crippen molar-refractivity contribution in [2.24, 2.45) is 0 Å². The summed E-state index contributed by atoms with van der Waals surface area (Å²) >= 11 is 0. The van der Waals surface area contributed by atoms with Crippen LogP contribution in [0, 0.1) is 0 Å². The minimum Gasteiger partial charge on any atom is -0.399 e. The summed E-state index contributed by atoms with van der Waals surface area (Å²) in [6, 6.07) is 16.5. The van der Waals surface area contributed by atoms with E-state index >= 15 is 0 Å². The van der Waals surface area contributed by atoms with Crippen LogP contribution in [0.4, 0.5) is 5.69 Å². The standard InChI is InChI=1S/C16H18N2O2/c17-14-8-4-5-12(9-14)10-16(20)18-11-15(19)13-6-2-1-3-7-13/h1-9,15,19H,10-11,17H2,(H,18,20). The van der Waals surface area contributed by atoms with Crippen LogP contribution in [0.25, 0.3) is 0 Å². The molecule has 4 N–H and O–H groups in total. The number of carbonyl (C=O) groups is 1. The molecule has 1 unspecified atom stereocenters. The van der Waals surface area contributed by atoms with Crippen molar-refractivity contribution in [3.8, 4) is 0 Å². The molecule has 0 saturated heterocycles. The summed E-state index contributed by atoms with van der Waals surface area (Å²) in [4.78, 5) is 11.8. The van der Waals surface area contributed by atoms with E-state index in [0.717, 1.165) is 11.1 Å². The summed E-state index contributed by atoms with van der Waals surface area (Å²) < 4.78 is 0. The van der Waals surface area contributed by atoms with Gasteiger partial charge in [0.1, 0.15) is 0 Å². The fourth-order valence-electron chi connectivity index (χ4n) is 1.95. The number of amides is 1. The van der Waals surface area contributed by atoms with Gasteiger partial charge in [0.2, 0.25) is 5.91 Å². The maximum atomic E-state index is 11.8. The molecule has 1 amide bonds. The predicted molar refractivity (Wildman–Crippen MR) is 79.0 cm³/mol. The average molecular weight is 270 g/mol. The lowest BCUT2D eigenvalue weighted by atomic mass is 10.1. The number of anilines is 1. The summed E-state index contributed by atoms with van der Waals surface area (Å²) in [5.41, 5.74) is 7.95. The largest absolute Gasteiger partial charge is 0.399 e. The van der Waals surface area contributed by atoms with Gasteiger partial charge in [-0.15, -0.1) is 0 Å². The molecule has 4 nitrogen and oxygen atoms in total. The normalized spacial score (nSPS) is 11.8. The number of nitrogen functional groups attached to an aromatic ring is 1. The van der Waals surface area contributed by atoms with Crippen LogP contribution in [0.15, 0.2) is 54.6 Å². The molecule has 0 saturated carbocycles. The Bertz CT molecular complexity index is 570. The second-order valence-corrected chi connectivity index (χ2v) is 4.65. The third-order valence-corrected chi connectivity index (χ3v) is 2.99. The van der Waals surface area contributed by atoms with Crippen molar-refractivity contribution < 1.29 is 9.90 Å². The summed E-state index contributed by atoms with van der Waals surface area (Å²) in [5.74, 6) is -0.134. The highest BCUT2D eigenvalue weighted by Gasteiger charge is 2.09. The Morgan fingerprint density at radius 2 is 1.90 bits per heavy atom. The van der Waals surface area contributed by atoms with Gasteiger partial charge in [0.25, 0.3) is 0 Å². The molecule has 1 atom stereocenters. The number of aliphatic hydroxyl groups is 1. The van der Waals surface area contributed by atoms with Crippen molar-refractivity contribution in [2.75, 3.05) is 12.3 Å². The lowest BCUT2D eigenvalue weighted by Crippen LogP contribution is -2.29. The first-order valence-corrected chi connectivity index (χ1v) is 6.49. The third-order valence-electron chi connectivity index (χ3n) is 2.99. The molecule has 2 aromatic carbocycles. The van der Waals surface area contributed by atoms with Crippen LogP contribution in [-0.2, 0) is 11.2 Å². The lowest BCUT2D eigenvalue weighted by molar-refractivity contribution is -0.120. The van der Waals surface area contributed by atoms with E-state index in [1.54, 1.807) is 12.1 Å². The summed E-state index contributed by atoms with van der Waals surface area (Å²) in [5, 5.41) is 12.7. The fraction of sp³-hybridized carbons (Fsp3) is 0.188. The maximum absolute atomic E-state index is 11.8. The van der Waals surface area contributed by atoms with Gasteiger partial charge in [0, 0.05) is 12.2 Å². The van der Waals surface area contributed by atoms with Gasteiger partial charge in [0.05, 0.1) is 12.5 Å². The van der Waals surface area contributed by atoms with Gasteiger partial charge in [-0.1, -0.05) is 42.5 Å². The summed E-state index contributed by atoms with van der Waals surface area (Å²) in [6.07, 6.45) is -0.437. The number of carbonyl (C=O) groups excluding carboxylic acids is 1. The van der Waals surface area contributed by atoms with Crippen LogP contribution >= 0.6 is 0 Å². The molecule has 0 radical (unpaired) electrons. The molecule has 20 heavy (non-hydrogen) atoms. The maximum Gasteiger partial charge on any atom is 0.224 e. The minimum atomic E-state index is -0.694. The van der Waals surface area contributed by atoms with E-state index in [0.29, 0.717) is 5.69 Å². The highest BCUT2D eigenvalue weighted by Crippen LogP contribution is 2.11. The second-order valence-electron chi connectivity index (χ2n) is 4.65. The quantitative estimate of drug-likeness (QED) is 0.723. The van der Waals surface area contributed by atoms with Gasteiger partial charge >= 0.3 is 0 Å². The number of benzene rings is 2. The van der Waals surface area contributed by atoms with E-state index in [1.807, 2.05) is 42.5 Å². The first-order valence-electron chi connectivity index (χ1n) is 6.49. The van der Waals surface area contributed by atoms with Crippen molar-refractivity contribution in [3.63, 3.8) is 0 Å². The van der Waals surface area contributed by atoms with Gasteiger partial charge in [-0.2, -0.15) is 0 Å². The van der Waals surface area contributed by atoms with Crippen LogP contribution in [-0.4, -0.2) is 17.6 Å². The number of nitrogens with two attached hydrogens (primary N) is 1. The monoisotopic (exact) mass is 270 g/mol. The second kappa shape index (κ2) is 6.73. The molecule has 0 aliphatic heterocycles. The smallest absolute Gasteiger partial charge is 0.224 e. The molecule has 0 bridgehead atoms. The van der Waals surface area contributed by atoms with Gasteiger partial charge in [0.15, 0.2) is 0 Å². The Kier molecular flexibility index (Phi) is 4.74. The van der Waals surface area contributed by atoms with Gasteiger partial charge in [-0.3, -0.25) is 4.79 Å². The zero-order chi connectivity index (χ0) is 14.4. The Labute approximate surface area is 118 Å².